The summed E-state index contributed by atoms with van der Waals surface area (Å²) in [5.74, 6) is 0. The molecular formula is C10H20O2. The molecule has 1 atom stereocenters. The lowest BCUT2D eigenvalue weighted by atomic mass is 9.86. The molecule has 1 aliphatic rings. The van der Waals surface area contributed by atoms with Gasteiger partial charge in [-0.1, -0.05) is 26.2 Å². The molecule has 0 aliphatic heterocycles. The minimum atomic E-state index is -0.562. The molecule has 0 heterocycles. The van der Waals surface area contributed by atoms with Gasteiger partial charge in [-0.05, 0) is 26.2 Å². The van der Waals surface area contributed by atoms with E-state index in [1.165, 1.54) is 19.3 Å². The molecule has 0 aromatic carbocycles. The maximum Gasteiger partial charge on any atom is 0.155 e. The third-order valence-electron chi connectivity index (χ3n) is 2.68. The van der Waals surface area contributed by atoms with Crippen LogP contribution in [0.4, 0.5) is 0 Å². The molecule has 12 heavy (non-hydrogen) atoms. The van der Waals surface area contributed by atoms with E-state index in [1.54, 1.807) is 0 Å². The Labute approximate surface area is 74.9 Å². The fraction of sp³-hybridized carbons (Fsp3) is 1.00. The van der Waals surface area contributed by atoms with Crippen molar-refractivity contribution in [1.82, 2.24) is 0 Å². The summed E-state index contributed by atoms with van der Waals surface area (Å²) in [6, 6.07) is 0. The van der Waals surface area contributed by atoms with E-state index in [1.807, 2.05) is 6.92 Å². The monoisotopic (exact) mass is 172 g/mol. The van der Waals surface area contributed by atoms with E-state index in [0.29, 0.717) is 6.42 Å². The zero-order chi connectivity index (χ0) is 9.03. The maximum atomic E-state index is 9.35. The molecule has 1 unspecified atom stereocenters. The van der Waals surface area contributed by atoms with Gasteiger partial charge in [0.05, 0.1) is 5.60 Å². The van der Waals surface area contributed by atoms with Crippen LogP contribution in [0.2, 0.25) is 0 Å². The average molecular weight is 172 g/mol. The topological polar surface area (TPSA) is 29.5 Å². The number of ether oxygens (including phenoxy) is 1. The van der Waals surface area contributed by atoms with Gasteiger partial charge in [-0.25, -0.2) is 0 Å². The third kappa shape index (κ3) is 2.76. The molecule has 0 radical (unpaired) electrons. The van der Waals surface area contributed by atoms with Gasteiger partial charge >= 0.3 is 0 Å². The van der Waals surface area contributed by atoms with Gasteiger partial charge in [0.1, 0.15) is 0 Å². The minimum absolute atomic E-state index is 0.0479. The zero-order valence-corrected chi connectivity index (χ0v) is 8.18. The van der Waals surface area contributed by atoms with Gasteiger partial charge in [0.15, 0.2) is 6.29 Å². The first-order chi connectivity index (χ1) is 5.66. The lowest BCUT2D eigenvalue weighted by Gasteiger charge is -2.35. The predicted octanol–water partition coefficient (Wildman–Crippen LogP) is 2.45. The van der Waals surface area contributed by atoms with Crippen LogP contribution in [-0.2, 0) is 4.74 Å². The summed E-state index contributed by atoms with van der Waals surface area (Å²) in [5.41, 5.74) is -0.0479. The Bertz CT molecular complexity index is 128. The highest BCUT2D eigenvalue weighted by Crippen LogP contribution is 2.31. The highest BCUT2D eigenvalue weighted by Gasteiger charge is 2.29. The van der Waals surface area contributed by atoms with Crippen molar-refractivity contribution in [2.75, 3.05) is 0 Å². The van der Waals surface area contributed by atoms with Crippen molar-refractivity contribution in [2.45, 2.75) is 64.3 Å². The van der Waals surface area contributed by atoms with E-state index in [-0.39, 0.29) is 5.60 Å². The van der Waals surface area contributed by atoms with Gasteiger partial charge < -0.3 is 9.84 Å². The van der Waals surface area contributed by atoms with Gasteiger partial charge in [-0.15, -0.1) is 0 Å². The van der Waals surface area contributed by atoms with Crippen LogP contribution in [0.15, 0.2) is 0 Å². The lowest BCUT2D eigenvalue weighted by molar-refractivity contribution is -0.190. The van der Waals surface area contributed by atoms with E-state index in [4.69, 9.17) is 4.74 Å². The van der Waals surface area contributed by atoms with E-state index >= 15 is 0 Å². The second-order valence-electron chi connectivity index (χ2n) is 3.99. The standard InChI is InChI=1S/C10H20O2/c1-3-9(11)12-10(2)7-5-4-6-8-10/h9,11H,3-8H2,1-2H3. The second-order valence-corrected chi connectivity index (χ2v) is 3.99. The summed E-state index contributed by atoms with van der Waals surface area (Å²) >= 11 is 0. The fourth-order valence-electron chi connectivity index (χ4n) is 1.83. The Kier molecular flexibility index (Phi) is 3.53. The van der Waals surface area contributed by atoms with Crippen LogP contribution in [-0.4, -0.2) is 17.0 Å². The van der Waals surface area contributed by atoms with Crippen LogP contribution >= 0.6 is 0 Å². The van der Waals surface area contributed by atoms with Gasteiger partial charge in [-0.3, -0.25) is 0 Å². The molecule has 0 spiro atoms. The Morgan fingerprint density at radius 2 is 1.92 bits per heavy atom. The van der Waals surface area contributed by atoms with Crippen LogP contribution in [0.1, 0.15) is 52.4 Å². The number of aliphatic hydroxyl groups excluding tert-OH is 1. The minimum Gasteiger partial charge on any atom is -0.368 e. The van der Waals surface area contributed by atoms with Gasteiger partial charge in [0.2, 0.25) is 0 Å². The second kappa shape index (κ2) is 4.24. The van der Waals surface area contributed by atoms with Crippen molar-refractivity contribution >= 4 is 0 Å². The molecule has 1 rings (SSSR count). The normalized spacial score (nSPS) is 25.2. The van der Waals surface area contributed by atoms with Gasteiger partial charge in [0.25, 0.3) is 0 Å². The number of hydrogen-bond donors (Lipinski definition) is 1. The number of hydrogen-bond acceptors (Lipinski definition) is 2. The Hall–Kier alpha value is -0.0800. The highest BCUT2D eigenvalue weighted by molar-refractivity contribution is 4.79. The Morgan fingerprint density at radius 3 is 2.42 bits per heavy atom. The molecule has 1 fully saturated rings. The maximum absolute atomic E-state index is 9.35. The van der Waals surface area contributed by atoms with Crippen LogP contribution in [0.25, 0.3) is 0 Å². The number of aliphatic hydroxyl groups is 1. The first kappa shape index (κ1) is 10.0. The molecule has 1 saturated carbocycles. The summed E-state index contributed by atoms with van der Waals surface area (Å²) in [7, 11) is 0. The van der Waals surface area contributed by atoms with Gasteiger partial charge in [0, 0.05) is 0 Å². The van der Waals surface area contributed by atoms with Crippen LogP contribution in [0.5, 0.6) is 0 Å². The SMILES string of the molecule is CCC(O)OC1(C)CCCCC1. The van der Waals surface area contributed by atoms with E-state index in [0.717, 1.165) is 12.8 Å². The van der Waals surface area contributed by atoms with Crippen molar-refractivity contribution in [1.29, 1.82) is 0 Å². The zero-order valence-electron chi connectivity index (χ0n) is 8.18. The highest BCUT2D eigenvalue weighted by atomic mass is 16.6. The predicted molar refractivity (Wildman–Crippen MR) is 48.9 cm³/mol. The molecule has 72 valence electrons. The molecule has 1 N–H and O–H groups in total. The number of rotatable bonds is 3. The first-order valence-corrected chi connectivity index (χ1v) is 5.02. The molecule has 0 bridgehead atoms. The van der Waals surface area contributed by atoms with Gasteiger partial charge in [-0.2, -0.15) is 0 Å². The Balaban J connectivity index is 2.35. The summed E-state index contributed by atoms with van der Waals surface area (Å²) in [5, 5.41) is 9.35. The largest absolute Gasteiger partial charge is 0.368 e. The van der Waals surface area contributed by atoms with Crippen LogP contribution < -0.4 is 0 Å². The van der Waals surface area contributed by atoms with E-state index < -0.39 is 6.29 Å². The quantitative estimate of drug-likeness (QED) is 0.663. The molecule has 0 saturated heterocycles. The Morgan fingerprint density at radius 1 is 1.33 bits per heavy atom. The molecule has 2 heteroatoms. The van der Waals surface area contributed by atoms with Crippen molar-refractivity contribution in [3.05, 3.63) is 0 Å². The fourth-order valence-corrected chi connectivity index (χ4v) is 1.83. The molecule has 0 aromatic heterocycles. The molecular weight excluding hydrogens is 152 g/mol. The molecule has 0 aromatic rings. The lowest BCUT2D eigenvalue weighted by Crippen LogP contribution is -2.35. The third-order valence-corrected chi connectivity index (χ3v) is 2.68. The smallest absolute Gasteiger partial charge is 0.155 e. The van der Waals surface area contributed by atoms with Crippen molar-refractivity contribution in [2.24, 2.45) is 0 Å². The van der Waals surface area contributed by atoms with Crippen molar-refractivity contribution in [3.8, 4) is 0 Å². The summed E-state index contributed by atoms with van der Waals surface area (Å²) in [4.78, 5) is 0. The van der Waals surface area contributed by atoms with Crippen LogP contribution in [0.3, 0.4) is 0 Å². The molecule has 0 amide bonds. The molecule has 2 nitrogen and oxygen atoms in total. The summed E-state index contributed by atoms with van der Waals surface area (Å²) in [6.45, 7) is 4.06. The van der Waals surface area contributed by atoms with Crippen molar-refractivity contribution in [3.63, 3.8) is 0 Å². The first-order valence-electron chi connectivity index (χ1n) is 5.02. The summed E-state index contributed by atoms with van der Waals surface area (Å²) < 4.78 is 5.58. The van der Waals surface area contributed by atoms with Crippen molar-refractivity contribution < 1.29 is 9.84 Å². The summed E-state index contributed by atoms with van der Waals surface area (Å²) in [6.07, 6.45) is 6.14. The van der Waals surface area contributed by atoms with E-state index in [9.17, 15) is 5.11 Å². The van der Waals surface area contributed by atoms with E-state index in [2.05, 4.69) is 6.92 Å². The average Bonchev–Trinajstić information content (AvgIpc) is 2.05. The van der Waals surface area contributed by atoms with Crippen LogP contribution in [0, 0.1) is 0 Å². The molecule has 1 aliphatic carbocycles.